The smallest absolute Gasteiger partial charge is 0.410 e. The van der Waals surface area contributed by atoms with Gasteiger partial charge in [-0.2, -0.15) is 9.10 Å². The third-order valence-corrected chi connectivity index (χ3v) is 13.2. The van der Waals surface area contributed by atoms with Gasteiger partial charge in [-0.3, -0.25) is 0 Å². The molecule has 1 amide bonds. The third-order valence-electron chi connectivity index (χ3n) is 10.4. The maximum absolute atomic E-state index is 15.5. The Morgan fingerprint density at radius 1 is 0.770 bits per heavy atom. The van der Waals surface area contributed by atoms with Crippen LogP contribution in [0.5, 0.6) is 17.2 Å². The van der Waals surface area contributed by atoms with Crippen molar-refractivity contribution < 1.29 is 32.2 Å². The second-order valence-electron chi connectivity index (χ2n) is 15.8. The number of hydrogen-bond donors (Lipinski definition) is 0. The number of methoxy groups -OCH3 is 3. The Labute approximate surface area is 365 Å². The van der Waals surface area contributed by atoms with E-state index in [1.54, 1.807) is 32.3 Å². The molecule has 1 fully saturated rings. The van der Waals surface area contributed by atoms with Gasteiger partial charge in [-0.25, -0.2) is 13.2 Å². The molecule has 1 aliphatic heterocycles. The number of amides is 1. The molecule has 1 atom stereocenters. The summed E-state index contributed by atoms with van der Waals surface area (Å²) >= 11 is 3.65. The molecule has 0 radical (unpaired) electrons. The van der Waals surface area contributed by atoms with Crippen molar-refractivity contribution in [3.8, 4) is 39.8 Å². The van der Waals surface area contributed by atoms with Crippen LogP contribution in [0.3, 0.4) is 0 Å². The van der Waals surface area contributed by atoms with Gasteiger partial charge in [-0.05, 0) is 124 Å². The topological polar surface area (TPSA) is 138 Å². The Bertz CT molecular complexity index is 2510. The molecule has 7 rings (SSSR count). The quantitative estimate of drug-likeness (QED) is 0.104. The van der Waals surface area contributed by atoms with Crippen LogP contribution in [-0.2, 0) is 34.4 Å². The first-order valence-electron chi connectivity index (χ1n) is 19.8. The third kappa shape index (κ3) is 10.2. The van der Waals surface area contributed by atoms with E-state index in [1.165, 1.54) is 9.10 Å². The molecular weight excluding hydrogens is 861 g/mol. The van der Waals surface area contributed by atoms with E-state index in [2.05, 4.69) is 26.2 Å². The highest BCUT2D eigenvalue weighted by Crippen LogP contribution is 2.42. The normalized spacial score (nSPS) is 14.3. The molecule has 0 saturated carbocycles. The molecular formula is C46H49BrN6O7S. The minimum Gasteiger partial charge on any atom is -0.497 e. The number of sulfonamides is 1. The lowest BCUT2D eigenvalue weighted by Crippen LogP contribution is -2.35. The fourth-order valence-corrected chi connectivity index (χ4v) is 9.87. The van der Waals surface area contributed by atoms with Gasteiger partial charge < -0.3 is 23.8 Å². The molecule has 61 heavy (non-hydrogen) atoms. The number of aromatic nitrogens is 4. The van der Waals surface area contributed by atoms with E-state index in [0.29, 0.717) is 46.7 Å². The summed E-state index contributed by atoms with van der Waals surface area (Å²) in [5, 5.41) is 13.7. The lowest BCUT2D eigenvalue weighted by atomic mass is 9.94. The summed E-state index contributed by atoms with van der Waals surface area (Å²) in [5.74, 6) is 2.30. The second kappa shape index (κ2) is 18.5. The van der Waals surface area contributed by atoms with Crippen LogP contribution in [-0.4, -0.2) is 83.9 Å². The van der Waals surface area contributed by atoms with Crippen molar-refractivity contribution in [2.45, 2.75) is 63.2 Å². The number of ether oxygens (including phenoxy) is 4. The largest absolute Gasteiger partial charge is 0.497 e. The molecule has 2 heterocycles. The Kier molecular flexibility index (Phi) is 13.1. The lowest BCUT2D eigenvalue weighted by molar-refractivity contribution is 0.0292. The summed E-state index contributed by atoms with van der Waals surface area (Å²) in [5.41, 5.74) is 4.59. The zero-order chi connectivity index (χ0) is 43.3. The number of carbonyl (C=O) groups is 1. The standard InChI is InChI=1S/C46H49BrN6O7S/c1-46(2,3)60-45(54)51-26-25-36(30-51)34-13-15-35(16-14-34)40-23-24-41(47)43(42(40)44-48-50-53(49-44)29-33-11-21-39(59-6)22-12-33)61(55,56)52(27-31-7-17-37(57-4)18-8-31)28-32-9-19-38(58-5)20-10-32/h7-24,36H,25-30H2,1-6H3. The maximum atomic E-state index is 15.5. The number of halogens is 1. The average Bonchev–Trinajstić information content (AvgIpc) is 3.94. The van der Waals surface area contributed by atoms with Crippen LogP contribution in [0.4, 0.5) is 4.79 Å². The van der Waals surface area contributed by atoms with Gasteiger partial charge in [0.25, 0.3) is 0 Å². The molecule has 0 aliphatic carbocycles. The average molecular weight is 910 g/mol. The molecule has 13 nitrogen and oxygen atoms in total. The van der Waals surface area contributed by atoms with Crippen molar-refractivity contribution in [1.29, 1.82) is 0 Å². The van der Waals surface area contributed by atoms with E-state index in [1.807, 2.05) is 124 Å². The minimum absolute atomic E-state index is 0.00360. The predicted octanol–water partition coefficient (Wildman–Crippen LogP) is 8.96. The molecule has 0 bridgehead atoms. The van der Waals surface area contributed by atoms with Gasteiger partial charge in [0.15, 0.2) is 0 Å². The molecule has 15 heteroatoms. The van der Waals surface area contributed by atoms with Crippen LogP contribution in [0.25, 0.3) is 22.5 Å². The summed E-state index contributed by atoms with van der Waals surface area (Å²) in [7, 11) is 0.456. The first-order chi connectivity index (χ1) is 29.2. The van der Waals surface area contributed by atoms with Crippen molar-refractivity contribution in [2.75, 3.05) is 34.4 Å². The molecule has 5 aromatic carbocycles. The second-order valence-corrected chi connectivity index (χ2v) is 18.5. The zero-order valence-corrected chi connectivity index (χ0v) is 37.4. The van der Waals surface area contributed by atoms with Crippen molar-refractivity contribution in [3.05, 3.63) is 136 Å². The van der Waals surface area contributed by atoms with Crippen LogP contribution < -0.4 is 14.2 Å². The van der Waals surface area contributed by atoms with E-state index in [4.69, 9.17) is 24.0 Å². The summed E-state index contributed by atoms with van der Waals surface area (Å²) in [6.07, 6.45) is 0.477. The van der Waals surface area contributed by atoms with E-state index in [9.17, 15) is 4.79 Å². The van der Waals surface area contributed by atoms with Gasteiger partial charge >= 0.3 is 6.09 Å². The first-order valence-corrected chi connectivity index (χ1v) is 22.1. The SMILES string of the molecule is COc1ccc(CN(Cc2ccc(OC)cc2)S(=O)(=O)c2c(Br)ccc(-c3ccc(C4CCN(C(=O)OC(C)(C)C)C4)cc3)c2-c2nnn(Cc3ccc(OC)cc3)n2)cc1. The summed E-state index contributed by atoms with van der Waals surface area (Å²) in [6.45, 7) is 7.13. The van der Waals surface area contributed by atoms with Crippen molar-refractivity contribution >= 4 is 32.0 Å². The minimum atomic E-state index is -4.33. The molecule has 0 spiro atoms. The number of carbonyl (C=O) groups excluding carboxylic acids is 1. The van der Waals surface area contributed by atoms with E-state index >= 15 is 8.42 Å². The number of benzene rings is 5. The molecule has 6 aromatic rings. The van der Waals surface area contributed by atoms with Gasteiger partial charge in [-0.15, -0.1) is 10.2 Å². The van der Waals surface area contributed by atoms with Gasteiger partial charge in [0.05, 0.1) is 33.4 Å². The Balaban J connectivity index is 1.31. The fraction of sp³-hybridized carbons (Fsp3) is 0.304. The van der Waals surface area contributed by atoms with Crippen LogP contribution in [0.15, 0.2) is 119 Å². The van der Waals surface area contributed by atoms with Gasteiger partial charge in [0, 0.05) is 36.6 Å². The van der Waals surface area contributed by atoms with Crippen LogP contribution >= 0.6 is 15.9 Å². The van der Waals surface area contributed by atoms with Crippen molar-refractivity contribution in [1.82, 2.24) is 29.4 Å². The molecule has 318 valence electrons. The zero-order valence-electron chi connectivity index (χ0n) is 35.0. The van der Waals surface area contributed by atoms with Crippen LogP contribution in [0, 0.1) is 0 Å². The van der Waals surface area contributed by atoms with Crippen LogP contribution in [0.2, 0.25) is 0 Å². The Hall–Kier alpha value is -5.77. The summed E-state index contributed by atoms with van der Waals surface area (Å²) < 4.78 is 54.4. The van der Waals surface area contributed by atoms with Gasteiger partial charge in [-0.1, -0.05) is 66.7 Å². The molecule has 1 unspecified atom stereocenters. The van der Waals surface area contributed by atoms with Crippen molar-refractivity contribution in [2.24, 2.45) is 0 Å². The van der Waals surface area contributed by atoms with Gasteiger partial charge in [0.2, 0.25) is 15.8 Å². The first kappa shape index (κ1) is 43.3. The number of nitrogens with zero attached hydrogens (tertiary/aromatic N) is 6. The highest BCUT2D eigenvalue weighted by atomic mass is 79.9. The molecule has 1 aromatic heterocycles. The fourth-order valence-electron chi connectivity index (χ4n) is 7.26. The Morgan fingerprint density at radius 2 is 1.31 bits per heavy atom. The molecule has 1 saturated heterocycles. The maximum Gasteiger partial charge on any atom is 0.410 e. The number of hydrogen-bond acceptors (Lipinski definition) is 10. The van der Waals surface area contributed by atoms with E-state index in [0.717, 1.165) is 40.0 Å². The number of likely N-dealkylation sites (tertiary alicyclic amines) is 1. The highest BCUT2D eigenvalue weighted by Gasteiger charge is 2.35. The van der Waals surface area contributed by atoms with Gasteiger partial charge in [0.1, 0.15) is 27.7 Å². The highest BCUT2D eigenvalue weighted by molar-refractivity contribution is 9.10. The molecule has 0 N–H and O–H groups in total. The van der Waals surface area contributed by atoms with Crippen molar-refractivity contribution in [3.63, 3.8) is 0 Å². The predicted molar refractivity (Wildman–Crippen MR) is 236 cm³/mol. The number of rotatable bonds is 14. The van der Waals surface area contributed by atoms with E-state index in [-0.39, 0.29) is 35.8 Å². The van der Waals surface area contributed by atoms with Crippen LogP contribution in [0.1, 0.15) is 55.4 Å². The summed E-state index contributed by atoms with van der Waals surface area (Å²) in [4.78, 5) is 16.0. The van der Waals surface area contributed by atoms with E-state index < -0.39 is 15.6 Å². The Morgan fingerprint density at radius 3 is 1.84 bits per heavy atom. The summed E-state index contributed by atoms with van der Waals surface area (Å²) in [6, 6.07) is 33.8. The lowest BCUT2D eigenvalue weighted by Gasteiger charge is -2.25. The molecule has 1 aliphatic rings. The number of tetrazole rings is 1. The monoisotopic (exact) mass is 908 g/mol.